The summed E-state index contributed by atoms with van der Waals surface area (Å²) in [6.07, 6.45) is 1.45. The molecular weight excluding hydrogens is 384 g/mol. The minimum Gasteiger partial charge on any atom is -0.459 e. The number of hydrogen-bond donors (Lipinski definition) is 2. The molecule has 138 valence electrons. The lowest BCUT2D eigenvalue weighted by atomic mass is 10.2. The predicted octanol–water partition coefficient (Wildman–Crippen LogP) is 5.22. The minimum absolute atomic E-state index is 0.116. The van der Waals surface area contributed by atoms with Crippen LogP contribution in [0.4, 0.5) is 11.4 Å². The van der Waals surface area contributed by atoms with Gasteiger partial charge in [0.2, 0.25) is 5.91 Å². The Morgan fingerprint density at radius 3 is 2.44 bits per heavy atom. The van der Waals surface area contributed by atoms with E-state index in [2.05, 4.69) is 10.6 Å². The Kier molecular flexibility index (Phi) is 6.21. The van der Waals surface area contributed by atoms with E-state index in [-0.39, 0.29) is 23.3 Å². The van der Waals surface area contributed by atoms with Gasteiger partial charge in [0.1, 0.15) is 0 Å². The Balaban J connectivity index is 1.50. The molecule has 0 aliphatic heterocycles. The lowest BCUT2D eigenvalue weighted by Gasteiger charge is -2.08. The summed E-state index contributed by atoms with van der Waals surface area (Å²) in [5, 5.41) is 6.19. The molecule has 2 amide bonds. The van der Waals surface area contributed by atoms with Crippen LogP contribution in [0.2, 0.25) is 5.02 Å². The summed E-state index contributed by atoms with van der Waals surface area (Å²) in [6, 6.07) is 15.9. The van der Waals surface area contributed by atoms with Gasteiger partial charge >= 0.3 is 0 Å². The summed E-state index contributed by atoms with van der Waals surface area (Å²) in [6.45, 7) is 1.91. The van der Waals surface area contributed by atoms with Crippen LogP contribution in [0.1, 0.15) is 16.1 Å². The molecule has 2 N–H and O–H groups in total. The molecule has 3 rings (SSSR count). The second kappa shape index (κ2) is 8.79. The zero-order chi connectivity index (χ0) is 19.2. The first-order valence-corrected chi connectivity index (χ1v) is 9.51. The van der Waals surface area contributed by atoms with Crippen LogP contribution >= 0.6 is 23.4 Å². The Hall–Kier alpha value is -2.70. The highest BCUT2D eigenvalue weighted by molar-refractivity contribution is 8.00. The minimum atomic E-state index is -0.309. The van der Waals surface area contributed by atoms with Gasteiger partial charge in [-0.2, -0.15) is 0 Å². The number of benzene rings is 2. The molecule has 0 saturated carbocycles. The van der Waals surface area contributed by atoms with Crippen molar-refractivity contribution in [1.29, 1.82) is 0 Å². The highest BCUT2D eigenvalue weighted by Gasteiger charge is 2.09. The summed E-state index contributed by atoms with van der Waals surface area (Å²) in [5.74, 6) is 0.0943. The van der Waals surface area contributed by atoms with Crippen LogP contribution in [0, 0.1) is 6.92 Å². The van der Waals surface area contributed by atoms with E-state index in [1.165, 1.54) is 18.0 Å². The molecule has 7 heteroatoms. The maximum absolute atomic E-state index is 12.1. The number of halogens is 1. The predicted molar refractivity (Wildman–Crippen MR) is 109 cm³/mol. The summed E-state index contributed by atoms with van der Waals surface area (Å²) in [7, 11) is 0. The Morgan fingerprint density at radius 2 is 1.78 bits per heavy atom. The summed E-state index contributed by atoms with van der Waals surface area (Å²) in [5.41, 5.74) is 2.29. The monoisotopic (exact) mass is 400 g/mol. The third-order valence-corrected chi connectivity index (χ3v) is 5.10. The van der Waals surface area contributed by atoms with Gasteiger partial charge in [-0.05, 0) is 61.0 Å². The Bertz CT molecular complexity index is 940. The van der Waals surface area contributed by atoms with E-state index in [9.17, 15) is 9.59 Å². The van der Waals surface area contributed by atoms with Crippen LogP contribution in [0.3, 0.4) is 0 Å². The number of anilines is 2. The van der Waals surface area contributed by atoms with Crippen molar-refractivity contribution < 1.29 is 14.0 Å². The SMILES string of the molecule is Cc1ccc(NC(=O)CSc2ccc(NC(=O)c3ccco3)cc2)cc1Cl. The van der Waals surface area contributed by atoms with E-state index in [0.29, 0.717) is 16.4 Å². The van der Waals surface area contributed by atoms with Crippen LogP contribution in [-0.4, -0.2) is 17.6 Å². The second-order valence-electron chi connectivity index (χ2n) is 5.76. The van der Waals surface area contributed by atoms with Gasteiger partial charge in [0.15, 0.2) is 5.76 Å². The fourth-order valence-electron chi connectivity index (χ4n) is 2.25. The zero-order valence-corrected chi connectivity index (χ0v) is 16.1. The molecule has 1 aromatic heterocycles. The van der Waals surface area contributed by atoms with Gasteiger partial charge in [-0.3, -0.25) is 9.59 Å². The van der Waals surface area contributed by atoms with Crippen molar-refractivity contribution in [3.05, 3.63) is 77.2 Å². The lowest BCUT2D eigenvalue weighted by molar-refractivity contribution is -0.113. The number of carbonyl (C=O) groups is 2. The number of carbonyl (C=O) groups excluding carboxylic acids is 2. The van der Waals surface area contributed by atoms with E-state index in [4.69, 9.17) is 16.0 Å². The normalized spacial score (nSPS) is 10.4. The molecule has 0 unspecified atom stereocenters. The average Bonchev–Trinajstić information content (AvgIpc) is 3.19. The van der Waals surface area contributed by atoms with Crippen LogP contribution in [0.15, 0.2) is 70.2 Å². The van der Waals surface area contributed by atoms with Gasteiger partial charge in [-0.25, -0.2) is 0 Å². The fourth-order valence-corrected chi connectivity index (χ4v) is 3.13. The van der Waals surface area contributed by atoms with Crippen LogP contribution in [0.5, 0.6) is 0 Å². The molecule has 0 saturated heterocycles. The molecule has 3 aromatic rings. The first-order valence-electron chi connectivity index (χ1n) is 8.15. The molecule has 0 spiro atoms. The van der Waals surface area contributed by atoms with Crippen LogP contribution < -0.4 is 10.6 Å². The van der Waals surface area contributed by atoms with E-state index in [1.54, 1.807) is 30.3 Å². The zero-order valence-electron chi connectivity index (χ0n) is 14.5. The third-order valence-electron chi connectivity index (χ3n) is 3.68. The van der Waals surface area contributed by atoms with Crippen molar-refractivity contribution in [1.82, 2.24) is 0 Å². The van der Waals surface area contributed by atoms with Crippen LogP contribution in [0.25, 0.3) is 0 Å². The van der Waals surface area contributed by atoms with Gasteiger partial charge in [0, 0.05) is 21.3 Å². The Labute approximate surface area is 166 Å². The molecule has 0 radical (unpaired) electrons. The number of rotatable bonds is 6. The maximum Gasteiger partial charge on any atom is 0.291 e. The molecule has 2 aromatic carbocycles. The van der Waals surface area contributed by atoms with Gasteiger partial charge < -0.3 is 15.1 Å². The standard InChI is InChI=1S/C20H17ClN2O3S/c1-13-4-5-15(11-17(13)21)22-19(24)12-27-16-8-6-14(7-9-16)23-20(25)18-3-2-10-26-18/h2-11H,12H2,1H3,(H,22,24)(H,23,25). The van der Waals surface area contributed by atoms with Gasteiger partial charge in [0.05, 0.1) is 12.0 Å². The highest BCUT2D eigenvalue weighted by Crippen LogP contribution is 2.23. The van der Waals surface area contributed by atoms with E-state index in [0.717, 1.165) is 10.5 Å². The van der Waals surface area contributed by atoms with E-state index < -0.39 is 0 Å². The van der Waals surface area contributed by atoms with Crippen LogP contribution in [-0.2, 0) is 4.79 Å². The van der Waals surface area contributed by atoms with Crippen molar-refractivity contribution >= 4 is 46.6 Å². The molecule has 0 aliphatic rings. The molecule has 0 aliphatic carbocycles. The number of thioether (sulfide) groups is 1. The molecule has 0 atom stereocenters. The largest absolute Gasteiger partial charge is 0.459 e. The molecule has 0 fully saturated rings. The summed E-state index contributed by atoms with van der Waals surface area (Å²) in [4.78, 5) is 24.9. The third kappa shape index (κ3) is 5.39. The topological polar surface area (TPSA) is 71.3 Å². The number of aryl methyl sites for hydroxylation is 1. The lowest BCUT2D eigenvalue weighted by Crippen LogP contribution is -2.14. The molecular formula is C20H17ClN2O3S. The first kappa shape index (κ1) is 19.1. The number of nitrogens with one attached hydrogen (secondary N) is 2. The maximum atomic E-state index is 12.1. The fraction of sp³-hybridized carbons (Fsp3) is 0.100. The Morgan fingerprint density at radius 1 is 1.04 bits per heavy atom. The van der Waals surface area contributed by atoms with E-state index >= 15 is 0 Å². The molecule has 0 bridgehead atoms. The number of hydrogen-bond acceptors (Lipinski definition) is 4. The highest BCUT2D eigenvalue weighted by atomic mass is 35.5. The number of amides is 2. The van der Waals surface area contributed by atoms with Gasteiger partial charge in [-0.15, -0.1) is 11.8 Å². The van der Waals surface area contributed by atoms with Crippen molar-refractivity contribution in [3.8, 4) is 0 Å². The van der Waals surface area contributed by atoms with E-state index in [1.807, 2.05) is 31.2 Å². The number of furan rings is 1. The van der Waals surface area contributed by atoms with Gasteiger partial charge in [0.25, 0.3) is 5.91 Å². The summed E-state index contributed by atoms with van der Waals surface area (Å²) >= 11 is 7.47. The van der Waals surface area contributed by atoms with Crippen molar-refractivity contribution in [2.75, 3.05) is 16.4 Å². The summed E-state index contributed by atoms with van der Waals surface area (Å²) < 4.78 is 5.05. The quantitative estimate of drug-likeness (QED) is 0.556. The molecule has 5 nitrogen and oxygen atoms in total. The van der Waals surface area contributed by atoms with Crippen molar-refractivity contribution in [3.63, 3.8) is 0 Å². The smallest absolute Gasteiger partial charge is 0.291 e. The molecule has 1 heterocycles. The van der Waals surface area contributed by atoms with Gasteiger partial charge in [-0.1, -0.05) is 17.7 Å². The average molecular weight is 401 g/mol. The van der Waals surface area contributed by atoms with Crippen molar-refractivity contribution in [2.24, 2.45) is 0 Å². The second-order valence-corrected chi connectivity index (χ2v) is 7.21. The first-order chi connectivity index (χ1) is 13.0. The van der Waals surface area contributed by atoms with Crippen molar-refractivity contribution in [2.45, 2.75) is 11.8 Å². The molecule has 27 heavy (non-hydrogen) atoms.